The van der Waals surface area contributed by atoms with E-state index >= 15 is 0 Å². The molecule has 0 aliphatic heterocycles. The average molecular weight is 391 g/mol. The van der Waals surface area contributed by atoms with E-state index in [2.05, 4.69) is 27.7 Å². The molecule has 4 rings (SSSR count). The van der Waals surface area contributed by atoms with Crippen LogP contribution in [0.5, 0.6) is 5.75 Å². The third-order valence-electron chi connectivity index (χ3n) is 8.40. The van der Waals surface area contributed by atoms with Gasteiger partial charge < -0.3 is 14.3 Å². The van der Waals surface area contributed by atoms with E-state index in [0.717, 1.165) is 17.9 Å². The number of hydrogen-bond donors (Lipinski definition) is 1. The van der Waals surface area contributed by atoms with Gasteiger partial charge in [-0.1, -0.05) is 34.1 Å². The summed E-state index contributed by atoms with van der Waals surface area (Å²) in [6.07, 6.45) is 7.32. The fourth-order valence-electron chi connectivity index (χ4n) is 7.62. The van der Waals surface area contributed by atoms with Crippen LogP contribution in [-0.4, -0.2) is 4.89 Å². The molecular weight excluding hydrogens is 359 g/mol. The van der Waals surface area contributed by atoms with Crippen LogP contribution in [0.2, 0.25) is 0 Å². The van der Waals surface area contributed by atoms with Gasteiger partial charge in [0.15, 0.2) is 0 Å². The molecule has 0 saturated heterocycles. The molecule has 1 aromatic carbocycles. The van der Waals surface area contributed by atoms with Gasteiger partial charge in [0.2, 0.25) is 0 Å². The Morgan fingerprint density at radius 1 is 1.15 bits per heavy atom. The minimum Gasteiger partial charge on any atom is -0.746 e. The van der Waals surface area contributed by atoms with Crippen LogP contribution < -0.4 is 9.42 Å². The second kappa shape index (κ2) is 5.84. The Hall–Kier alpha value is -0.830. The number of benzene rings is 1. The maximum absolute atomic E-state index is 11.2. The van der Waals surface area contributed by atoms with E-state index in [1.807, 2.05) is 13.0 Å². The lowest BCUT2D eigenvalue weighted by Crippen LogP contribution is -2.55. The van der Waals surface area contributed by atoms with Gasteiger partial charge in [-0.25, -0.2) is 0 Å². The minimum absolute atomic E-state index is 0.136. The fourth-order valence-corrected chi connectivity index (χ4v) is 7.99. The monoisotopic (exact) mass is 391 g/mol. The third-order valence-corrected chi connectivity index (χ3v) is 8.84. The van der Waals surface area contributed by atoms with E-state index in [9.17, 15) is 9.46 Å². The van der Waals surface area contributed by atoms with E-state index in [0.29, 0.717) is 16.7 Å². The van der Waals surface area contributed by atoms with E-state index in [1.54, 1.807) is 6.07 Å². The van der Waals surface area contributed by atoms with Crippen molar-refractivity contribution in [3.8, 4) is 5.75 Å². The van der Waals surface area contributed by atoms with Crippen molar-refractivity contribution in [2.24, 2.45) is 22.7 Å². The van der Waals surface area contributed by atoms with Gasteiger partial charge in [0.25, 0.3) is 0 Å². The van der Waals surface area contributed by atoms with Crippen molar-refractivity contribution in [1.82, 2.24) is 0 Å². The summed E-state index contributed by atoms with van der Waals surface area (Å²) >= 11 is 0. The molecule has 3 aliphatic carbocycles. The minimum atomic E-state index is -4.79. The van der Waals surface area contributed by atoms with Gasteiger partial charge in [0, 0.05) is 0 Å². The summed E-state index contributed by atoms with van der Waals surface area (Å²) in [6, 6.07) is 3.62. The highest BCUT2D eigenvalue weighted by atomic mass is 31.2. The first-order valence-electron chi connectivity index (χ1n) is 10.2. The summed E-state index contributed by atoms with van der Waals surface area (Å²) < 4.78 is 16.0. The van der Waals surface area contributed by atoms with Crippen molar-refractivity contribution in [3.05, 3.63) is 28.8 Å². The standard InChI is InChI=1S/C22H33O4P/c1-14-11-16(26-27(23,24)25)12-15-13-18-21(4)9-6-8-20(2,3)17(21)7-10-22(18,5)19(14)15/h11-12,17-18H,6-10,13H2,1-5H3,(H2,23,24,25)/p-1/t17?,18-,21+,22-/m1/s1. The van der Waals surface area contributed by atoms with Crippen LogP contribution in [0, 0.1) is 29.6 Å². The lowest BCUT2D eigenvalue weighted by Gasteiger charge is -2.61. The van der Waals surface area contributed by atoms with Crippen molar-refractivity contribution >= 4 is 7.82 Å². The van der Waals surface area contributed by atoms with Gasteiger partial charge in [0.1, 0.15) is 5.75 Å². The van der Waals surface area contributed by atoms with E-state index in [-0.39, 0.29) is 11.2 Å². The third kappa shape index (κ3) is 2.91. The van der Waals surface area contributed by atoms with Gasteiger partial charge in [-0.15, -0.1) is 0 Å². The Kier molecular flexibility index (Phi) is 4.22. The van der Waals surface area contributed by atoms with E-state index in [1.165, 1.54) is 43.2 Å². The lowest BCUT2D eigenvalue weighted by molar-refractivity contribution is -0.211. The van der Waals surface area contributed by atoms with Gasteiger partial charge in [-0.05, 0) is 95.9 Å². The first-order chi connectivity index (χ1) is 12.4. The molecule has 1 aromatic rings. The van der Waals surface area contributed by atoms with E-state index < -0.39 is 7.82 Å². The Morgan fingerprint density at radius 2 is 1.85 bits per heavy atom. The van der Waals surface area contributed by atoms with Crippen LogP contribution >= 0.6 is 7.82 Å². The van der Waals surface area contributed by atoms with Crippen molar-refractivity contribution in [2.75, 3.05) is 0 Å². The molecule has 0 bridgehead atoms. The number of phosphoric acid groups is 1. The van der Waals surface area contributed by atoms with Crippen LogP contribution in [0.25, 0.3) is 0 Å². The number of rotatable bonds is 2. The highest BCUT2D eigenvalue weighted by molar-refractivity contribution is 7.45. The molecule has 0 aromatic heterocycles. The topological polar surface area (TPSA) is 69.6 Å². The normalized spacial score (nSPS) is 39.1. The molecule has 1 N–H and O–H groups in total. The summed E-state index contributed by atoms with van der Waals surface area (Å²) in [5, 5.41) is 0. The predicted octanol–water partition coefficient (Wildman–Crippen LogP) is 4.89. The molecule has 0 spiro atoms. The zero-order chi connectivity index (χ0) is 19.8. The molecule has 5 atom stereocenters. The molecule has 5 heteroatoms. The van der Waals surface area contributed by atoms with Crippen LogP contribution in [0.1, 0.15) is 76.5 Å². The van der Waals surface area contributed by atoms with Crippen molar-refractivity contribution in [3.63, 3.8) is 0 Å². The van der Waals surface area contributed by atoms with Crippen LogP contribution in [0.3, 0.4) is 0 Å². The molecule has 150 valence electrons. The van der Waals surface area contributed by atoms with Crippen LogP contribution in [0.15, 0.2) is 12.1 Å². The Bertz CT molecular complexity index is 826. The quantitative estimate of drug-likeness (QED) is 0.729. The Labute approximate surface area is 163 Å². The number of aryl methyl sites for hydroxylation is 1. The molecule has 27 heavy (non-hydrogen) atoms. The van der Waals surface area contributed by atoms with Gasteiger partial charge in [0.05, 0.1) is 0 Å². The first-order valence-corrected chi connectivity index (χ1v) is 11.7. The maximum Gasteiger partial charge on any atom is 0.317 e. The van der Waals surface area contributed by atoms with Crippen molar-refractivity contribution < 1.29 is 18.9 Å². The number of phosphoric ester groups is 1. The van der Waals surface area contributed by atoms with Crippen molar-refractivity contribution in [1.29, 1.82) is 0 Å². The van der Waals surface area contributed by atoms with Crippen LogP contribution in [-0.2, 0) is 16.4 Å². The maximum atomic E-state index is 11.2. The highest BCUT2D eigenvalue weighted by Crippen LogP contribution is 2.68. The largest absolute Gasteiger partial charge is 0.746 e. The smallest absolute Gasteiger partial charge is 0.317 e. The highest BCUT2D eigenvalue weighted by Gasteiger charge is 2.61. The zero-order valence-electron chi connectivity index (χ0n) is 17.2. The summed E-state index contributed by atoms with van der Waals surface area (Å²) in [4.78, 5) is 20.3. The molecule has 2 unspecified atom stereocenters. The molecular formula is C22H32O4P-. The number of hydrogen-bond acceptors (Lipinski definition) is 3. The second-order valence-corrected chi connectivity index (χ2v) is 11.6. The van der Waals surface area contributed by atoms with Crippen molar-refractivity contribution in [2.45, 2.75) is 78.6 Å². The molecule has 2 fully saturated rings. The average Bonchev–Trinajstić information content (AvgIpc) is 2.79. The predicted molar refractivity (Wildman–Crippen MR) is 105 cm³/mol. The van der Waals surface area contributed by atoms with Gasteiger partial charge in [-0.3, -0.25) is 4.57 Å². The first kappa shape index (κ1) is 19.5. The molecule has 2 saturated carbocycles. The Balaban J connectivity index is 1.77. The molecule has 3 aliphatic rings. The molecule has 0 heterocycles. The molecule has 0 radical (unpaired) electrons. The summed E-state index contributed by atoms with van der Waals surface area (Å²) in [5.41, 5.74) is 4.51. The number of fused-ring (bicyclic) bond motifs is 5. The SMILES string of the molecule is Cc1cc(OP(=O)([O-])O)cc2c1[C@]1(C)CCC3C(C)(C)CCC[C@]3(C)[C@H]1C2. The van der Waals surface area contributed by atoms with E-state index in [4.69, 9.17) is 9.42 Å². The zero-order valence-corrected chi connectivity index (χ0v) is 18.1. The summed E-state index contributed by atoms with van der Waals surface area (Å²) in [5.74, 6) is 1.54. The molecule has 0 amide bonds. The van der Waals surface area contributed by atoms with Gasteiger partial charge in [-0.2, -0.15) is 0 Å². The summed E-state index contributed by atoms with van der Waals surface area (Å²) in [7, 11) is -4.79. The fraction of sp³-hybridized carbons (Fsp3) is 0.727. The Morgan fingerprint density at radius 3 is 2.52 bits per heavy atom. The summed E-state index contributed by atoms with van der Waals surface area (Å²) in [6.45, 7) is 11.9. The lowest BCUT2D eigenvalue weighted by atomic mass is 9.43. The second-order valence-electron chi connectivity index (χ2n) is 10.4. The van der Waals surface area contributed by atoms with Crippen LogP contribution in [0.4, 0.5) is 0 Å². The molecule has 4 nitrogen and oxygen atoms in total. The van der Waals surface area contributed by atoms with Gasteiger partial charge >= 0.3 is 7.82 Å².